The number of nitrogens with zero attached hydrogens (tertiary/aromatic N) is 2. The van der Waals surface area contributed by atoms with Crippen LogP contribution in [-0.4, -0.2) is 21.9 Å². The number of hydrogen-bond acceptors (Lipinski definition) is 5. The molecule has 0 bridgehead atoms. The summed E-state index contributed by atoms with van der Waals surface area (Å²) in [4.78, 5) is 0. The molecule has 0 aliphatic heterocycles. The Balaban J connectivity index is 1.53. The summed E-state index contributed by atoms with van der Waals surface area (Å²) < 4.78 is 14.1. The van der Waals surface area contributed by atoms with Crippen LogP contribution < -0.4 is 10.1 Å². The molecule has 0 amide bonds. The molecule has 0 unspecified atom stereocenters. The van der Waals surface area contributed by atoms with E-state index in [0.29, 0.717) is 11.6 Å². The van der Waals surface area contributed by atoms with Gasteiger partial charge in [-0.15, -0.1) is 0 Å². The second-order valence-corrected chi connectivity index (χ2v) is 5.43. The van der Waals surface area contributed by atoms with Crippen LogP contribution in [0.15, 0.2) is 42.5 Å². The number of nitrogens with one attached hydrogen (secondary N) is 1. The number of benzene rings is 2. The van der Waals surface area contributed by atoms with Gasteiger partial charge in [-0.2, -0.15) is 8.75 Å². The highest BCUT2D eigenvalue weighted by Crippen LogP contribution is 2.29. The van der Waals surface area contributed by atoms with Gasteiger partial charge in [-0.1, -0.05) is 29.8 Å². The molecule has 1 aromatic heterocycles. The van der Waals surface area contributed by atoms with Crippen molar-refractivity contribution in [2.75, 3.05) is 18.5 Å². The first-order chi connectivity index (χ1) is 10.3. The zero-order chi connectivity index (χ0) is 14.5. The smallest absolute Gasteiger partial charge is 0.129 e. The van der Waals surface area contributed by atoms with Gasteiger partial charge in [0.2, 0.25) is 0 Å². The fourth-order valence-corrected chi connectivity index (χ4v) is 2.75. The fourth-order valence-electron chi connectivity index (χ4n) is 1.99. The molecule has 3 aromatic rings. The minimum absolute atomic E-state index is 0.653. The first-order valence-corrected chi connectivity index (χ1v) is 7.78. The molecule has 0 saturated carbocycles. The lowest BCUT2D eigenvalue weighted by atomic mass is 10.2. The second-order valence-electron chi connectivity index (χ2n) is 4.50. The molecule has 0 aliphatic carbocycles. The van der Waals surface area contributed by atoms with E-state index in [0.717, 1.165) is 35.4 Å². The maximum absolute atomic E-state index is 6.21. The van der Waals surface area contributed by atoms with Gasteiger partial charge in [-0.3, -0.25) is 0 Å². The predicted octanol–water partition coefficient (Wildman–Crippen LogP) is 4.23. The lowest BCUT2D eigenvalue weighted by molar-refractivity contribution is 0.315. The normalized spacial score (nSPS) is 10.7. The predicted molar refractivity (Wildman–Crippen MR) is 87.5 cm³/mol. The molecular weight excluding hydrogens is 306 g/mol. The molecular formula is C15H14ClN3OS. The van der Waals surface area contributed by atoms with E-state index in [1.54, 1.807) is 0 Å². The number of aromatic nitrogens is 2. The molecule has 4 nitrogen and oxygen atoms in total. The highest BCUT2D eigenvalue weighted by molar-refractivity contribution is 7.00. The van der Waals surface area contributed by atoms with Crippen molar-refractivity contribution in [3.8, 4) is 5.75 Å². The first kappa shape index (κ1) is 14.1. The van der Waals surface area contributed by atoms with Crippen LogP contribution in [0, 0.1) is 0 Å². The zero-order valence-electron chi connectivity index (χ0n) is 11.3. The third-order valence-corrected chi connectivity index (χ3v) is 3.87. The molecule has 0 fully saturated rings. The quantitative estimate of drug-likeness (QED) is 0.691. The summed E-state index contributed by atoms with van der Waals surface area (Å²) in [6.45, 7) is 1.42. The Labute approximate surface area is 132 Å². The molecule has 108 valence electrons. The SMILES string of the molecule is Clc1ccc2nsnc2c1NCCCOc1ccccc1. The van der Waals surface area contributed by atoms with Crippen LogP contribution in [0.5, 0.6) is 5.75 Å². The van der Waals surface area contributed by atoms with Crippen LogP contribution in [0.3, 0.4) is 0 Å². The molecule has 1 N–H and O–H groups in total. The van der Waals surface area contributed by atoms with E-state index in [-0.39, 0.29) is 0 Å². The second kappa shape index (κ2) is 6.74. The van der Waals surface area contributed by atoms with Gasteiger partial charge in [0.15, 0.2) is 0 Å². The van der Waals surface area contributed by atoms with E-state index in [1.165, 1.54) is 11.7 Å². The van der Waals surface area contributed by atoms with Crippen molar-refractivity contribution in [3.05, 3.63) is 47.5 Å². The van der Waals surface area contributed by atoms with Gasteiger partial charge in [0.1, 0.15) is 16.8 Å². The Bertz CT molecular complexity index is 717. The first-order valence-electron chi connectivity index (χ1n) is 6.67. The monoisotopic (exact) mass is 319 g/mol. The molecule has 6 heteroatoms. The van der Waals surface area contributed by atoms with E-state index in [4.69, 9.17) is 16.3 Å². The summed E-state index contributed by atoms with van der Waals surface area (Å²) in [7, 11) is 0. The topological polar surface area (TPSA) is 47.0 Å². The molecule has 0 atom stereocenters. The van der Waals surface area contributed by atoms with Gasteiger partial charge in [0, 0.05) is 6.54 Å². The summed E-state index contributed by atoms with van der Waals surface area (Å²) in [5.41, 5.74) is 2.55. The number of ether oxygens (including phenoxy) is 1. The van der Waals surface area contributed by atoms with Crippen LogP contribution in [0.4, 0.5) is 5.69 Å². The Kier molecular flexibility index (Phi) is 4.52. The van der Waals surface area contributed by atoms with Crippen LogP contribution in [0.25, 0.3) is 11.0 Å². The van der Waals surface area contributed by atoms with Gasteiger partial charge in [0.05, 0.1) is 29.0 Å². The van der Waals surface area contributed by atoms with E-state index in [2.05, 4.69) is 14.1 Å². The molecule has 0 aliphatic rings. The molecule has 21 heavy (non-hydrogen) atoms. The number of rotatable bonds is 6. The summed E-state index contributed by atoms with van der Waals surface area (Å²) >= 11 is 7.41. The Morgan fingerprint density at radius 1 is 1.10 bits per heavy atom. The van der Waals surface area contributed by atoms with Crippen LogP contribution >= 0.6 is 23.3 Å². The van der Waals surface area contributed by atoms with Crippen LogP contribution in [0.2, 0.25) is 5.02 Å². The van der Waals surface area contributed by atoms with E-state index < -0.39 is 0 Å². The lowest BCUT2D eigenvalue weighted by Gasteiger charge is -2.09. The van der Waals surface area contributed by atoms with Gasteiger partial charge < -0.3 is 10.1 Å². The highest BCUT2D eigenvalue weighted by Gasteiger charge is 2.09. The molecule has 0 radical (unpaired) electrons. The van der Waals surface area contributed by atoms with Crippen LogP contribution in [0.1, 0.15) is 6.42 Å². The minimum atomic E-state index is 0.653. The van der Waals surface area contributed by atoms with Gasteiger partial charge >= 0.3 is 0 Å². The molecule has 0 saturated heterocycles. The van der Waals surface area contributed by atoms with Crippen molar-refractivity contribution in [3.63, 3.8) is 0 Å². The Hall–Kier alpha value is -1.85. The molecule has 2 aromatic carbocycles. The average molecular weight is 320 g/mol. The molecule has 3 rings (SSSR count). The number of halogens is 1. The van der Waals surface area contributed by atoms with E-state index >= 15 is 0 Å². The maximum atomic E-state index is 6.21. The average Bonchev–Trinajstić information content (AvgIpc) is 2.98. The molecule has 1 heterocycles. The Morgan fingerprint density at radius 3 is 2.81 bits per heavy atom. The van der Waals surface area contributed by atoms with Gasteiger partial charge in [-0.05, 0) is 30.7 Å². The van der Waals surface area contributed by atoms with Crippen molar-refractivity contribution in [2.45, 2.75) is 6.42 Å². The summed E-state index contributed by atoms with van der Waals surface area (Å²) in [6.07, 6.45) is 0.874. The van der Waals surface area contributed by atoms with E-state index in [9.17, 15) is 0 Å². The number of fused-ring (bicyclic) bond motifs is 1. The van der Waals surface area contributed by atoms with Crippen LogP contribution in [-0.2, 0) is 0 Å². The lowest BCUT2D eigenvalue weighted by Crippen LogP contribution is -2.08. The summed E-state index contributed by atoms with van der Waals surface area (Å²) in [6, 6.07) is 13.5. The summed E-state index contributed by atoms with van der Waals surface area (Å²) in [5, 5.41) is 3.99. The van der Waals surface area contributed by atoms with Crippen molar-refractivity contribution in [1.29, 1.82) is 0 Å². The number of hydrogen-bond donors (Lipinski definition) is 1. The third-order valence-electron chi connectivity index (χ3n) is 3.01. The van der Waals surface area contributed by atoms with Gasteiger partial charge in [-0.25, -0.2) is 0 Å². The minimum Gasteiger partial charge on any atom is -0.494 e. The van der Waals surface area contributed by atoms with Gasteiger partial charge in [0.25, 0.3) is 0 Å². The highest BCUT2D eigenvalue weighted by atomic mass is 35.5. The largest absolute Gasteiger partial charge is 0.494 e. The van der Waals surface area contributed by atoms with Crippen molar-refractivity contribution < 1.29 is 4.74 Å². The van der Waals surface area contributed by atoms with Crippen molar-refractivity contribution in [2.24, 2.45) is 0 Å². The summed E-state index contributed by atoms with van der Waals surface area (Å²) in [5.74, 6) is 0.890. The third kappa shape index (κ3) is 3.43. The van der Waals surface area contributed by atoms with Crippen molar-refractivity contribution in [1.82, 2.24) is 8.75 Å². The fraction of sp³-hybridized carbons (Fsp3) is 0.200. The molecule has 0 spiro atoms. The number of anilines is 1. The maximum Gasteiger partial charge on any atom is 0.129 e. The zero-order valence-corrected chi connectivity index (χ0v) is 12.8. The Morgan fingerprint density at radius 2 is 1.95 bits per heavy atom. The standard InChI is InChI=1S/C15H14ClN3OS/c16-12-7-8-13-15(19-21-18-13)14(12)17-9-4-10-20-11-5-2-1-3-6-11/h1-3,5-8,17H,4,9-10H2. The number of para-hydroxylation sites is 1. The van der Waals surface area contributed by atoms with E-state index in [1.807, 2.05) is 42.5 Å². The van der Waals surface area contributed by atoms with Crippen molar-refractivity contribution >= 4 is 40.0 Å².